The number of hydrogen-bond donors (Lipinski definition) is 1. The maximum atomic E-state index is 13.3. The van der Waals surface area contributed by atoms with Gasteiger partial charge in [0.2, 0.25) is 0 Å². The predicted molar refractivity (Wildman–Crippen MR) is 78.2 cm³/mol. The van der Waals surface area contributed by atoms with Crippen molar-refractivity contribution in [1.29, 1.82) is 0 Å². The minimum absolute atomic E-state index is 0.127. The summed E-state index contributed by atoms with van der Waals surface area (Å²) in [6.07, 6.45) is 4.44. The monoisotopic (exact) mass is 288 g/mol. The highest BCUT2D eigenvalue weighted by molar-refractivity contribution is 5.31. The fourth-order valence-corrected chi connectivity index (χ4v) is 3.26. The standard InChI is InChI=1S/C17H18F2N2/c1-20-16(9-11-7-13(18)10-14(19)8-11)15-5-4-12-3-2-6-21-17(12)15/h2-3,6-8,10,15-16,20H,4-5,9H2,1H3. The van der Waals surface area contributed by atoms with Gasteiger partial charge in [0.15, 0.2) is 0 Å². The van der Waals surface area contributed by atoms with Gasteiger partial charge in [-0.3, -0.25) is 4.98 Å². The van der Waals surface area contributed by atoms with Gasteiger partial charge in [0.1, 0.15) is 11.6 Å². The molecule has 0 amide bonds. The molecule has 1 aliphatic carbocycles. The quantitative estimate of drug-likeness (QED) is 0.934. The minimum Gasteiger partial charge on any atom is -0.316 e. The number of halogens is 2. The van der Waals surface area contributed by atoms with Crippen molar-refractivity contribution in [1.82, 2.24) is 10.3 Å². The normalized spacial score (nSPS) is 18.5. The van der Waals surface area contributed by atoms with E-state index in [0.717, 1.165) is 24.6 Å². The number of nitrogens with zero attached hydrogens (tertiary/aromatic N) is 1. The topological polar surface area (TPSA) is 24.9 Å². The molecule has 2 atom stereocenters. The first-order valence-electron chi connectivity index (χ1n) is 7.23. The number of fused-ring (bicyclic) bond motifs is 1. The van der Waals surface area contributed by atoms with E-state index in [1.54, 1.807) is 0 Å². The van der Waals surface area contributed by atoms with Crippen LogP contribution < -0.4 is 5.32 Å². The van der Waals surface area contributed by atoms with Gasteiger partial charge in [-0.15, -0.1) is 0 Å². The molecule has 21 heavy (non-hydrogen) atoms. The van der Waals surface area contributed by atoms with E-state index in [4.69, 9.17) is 0 Å². The fraction of sp³-hybridized carbons (Fsp3) is 0.353. The maximum Gasteiger partial charge on any atom is 0.126 e. The van der Waals surface area contributed by atoms with Gasteiger partial charge in [0, 0.05) is 29.9 Å². The highest BCUT2D eigenvalue weighted by Crippen LogP contribution is 2.34. The van der Waals surface area contributed by atoms with Crippen LogP contribution in [0.15, 0.2) is 36.5 Å². The zero-order valence-electron chi connectivity index (χ0n) is 11.9. The van der Waals surface area contributed by atoms with Crippen LogP contribution in [0.2, 0.25) is 0 Å². The van der Waals surface area contributed by atoms with Crippen LogP contribution in [-0.4, -0.2) is 18.1 Å². The molecule has 4 heteroatoms. The summed E-state index contributed by atoms with van der Waals surface area (Å²) in [6.45, 7) is 0. The van der Waals surface area contributed by atoms with E-state index < -0.39 is 11.6 Å². The fourth-order valence-electron chi connectivity index (χ4n) is 3.26. The number of aromatic nitrogens is 1. The molecule has 1 N–H and O–H groups in total. The van der Waals surface area contributed by atoms with Crippen molar-refractivity contribution >= 4 is 0 Å². The van der Waals surface area contributed by atoms with Gasteiger partial charge in [0.25, 0.3) is 0 Å². The van der Waals surface area contributed by atoms with E-state index in [-0.39, 0.29) is 12.0 Å². The van der Waals surface area contributed by atoms with Gasteiger partial charge in [-0.1, -0.05) is 6.07 Å². The summed E-state index contributed by atoms with van der Waals surface area (Å²) in [5.74, 6) is -0.757. The Bertz CT molecular complexity index is 622. The van der Waals surface area contributed by atoms with Gasteiger partial charge in [-0.25, -0.2) is 8.78 Å². The van der Waals surface area contributed by atoms with Crippen LogP contribution in [-0.2, 0) is 12.8 Å². The van der Waals surface area contributed by atoms with Crippen molar-refractivity contribution in [3.8, 4) is 0 Å². The molecule has 2 unspecified atom stereocenters. The van der Waals surface area contributed by atoms with Crippen LogP contribution in [0.5, 0.6) is 0 Å². The van der Waals surface area contributed by atoms with Crippen LogP contribution in [0.4, 0.5) is 8.78 Å². The molecule has 0 aliphatic heterocycles. The number of pyridine rings is 1. The summed E-state index contributed by atoms with van der Waals surface area (Å²) in [4.78, 5) is 4.50. The van der Waals surface area contributed by atoms with Crippen molar-refractivity contribution in [2.24, 2.45) is 0 Å². The van der Waals surface area contributed by atoms with Gasteiger partial charge in [-0.05, 0) is 55.6 Å². The lowest BCUT2D eigenvalue weighted by molar-refractivity contribution is 0.448. The Morgan fingerprint density at radius 3 is 2.76 bits per heavy atom. The van der Waals surface area contributed by atoms with Crippen LogP contribution in [0, 0.1) is 11.6 Å². The van der Waals surface area contributed by atoms with Crippen molar-refractivity contribution in [2.75, 3.05) is 7.05 Å². The molecule has 3 rings (SSSR count). The Balaban J connectivity index is 1.83. The summed E-state index contributed by atoms with van der Waals surface area (Å²) in [7, 11) is 1.89. The Hall–Kier alpha value is -1.81. The second kappa shape index (κ2) is 5.90. The molecular weight excluding hydrogens is 270 g/mol. The van der Waals surface area contributed by atoms with Crippen LogP contribution in [0.1, 0.15) is 29.2 Å². The first kappa shape index (κ1) is 14.1. The zero-order chi connectivity index (χ0) is 14.8. The molecule has 1 aromatic carbocycles. The number of nitrogens with one attached hydrogen (secondary N) is 1. The summed E-state index contributed by atoms with van der Waals surface area (Å²) in [6, 6.07) is 7.91. The average Bonchev–Trinajstić information content (AvgIpc) is 2.87. The van der Waals surface area contributed by atoms with Crippen LogP contribution in [0.3, 0.4) is 0 Å². The summed E-state index contributed by atoms with van der Waals surface area (Å²) in [5, 5.41) is 3.29. The lowest BCUT2D eigenvalue weighted by Gasteiger charge is -2.23. The molecular formula is C17H18F2N2. The molecule has 0 spiro atoms. The van der Waals surface area contributed by atoms with Gasteiger partial charge >= 0.3 is 0 Å². The summed E-state index contributed by atoms with van der Waals surface area (Å²) >= 11 is 0. The van der Waals surface area contributed by atoms with Gasteiger partial charge in [0.05, 0.1) is 0 Å². The van der Waals surface area contributed by atoms with Crippen molar-refractivity contribution in [3.05, 3.63) is 65.0 Å². The first-order valence-corrected chi connectivity index (χ1v) is 7.23. The minimum atomic E-state index is -0.523. The maximum absolute atomic E-state index is 13.3. The smallest absolute Gasteiger partial charge is 0.126 e. The molecule has 1 heterocycles. The third-order valence-corrected chi connectivity index (χ3v) is 4.24. The Labute approximate surface area is 123 Å². The number of likely N-dealkylation sites (N-methyl/N-ethyl adjacent to an activating group) is 1. The molecule has 2 aromatic rings. The van der Waals surface area contributed by atoms with Crippen molar-refractivity contribution < 1.29 is 8.78 Å². The van der Waals surface area contributed by atoms with E-state index in [1.807, 2.05) is 19.3 Å². The van der Waals surface area contributed by atoms with E-state index >= 15 is 0 Å². The van der Waals surface area contributed by atoms with Gasteiger partial charge in [-0.2, -0.15) is 0 Å². The van der Waals surface area contributed by atoms with Crippen LogP contribution >= 0.6 is 0 Å². The molecule has 0 fully saturated rings. The third kappa shape index (κ3) is 2.95. The first-order chi connectivity index (χ1) is 10.2. The molecule has 0 bridgehead atoms. The highest BCUT2D eigenvalue weighted by Gasteiger charge is 2.30. The number of benzene rings is 1. The predicted octanol–water partition coefficient (Wildman–Crippen LogP) is 3.22. The zero-order valence-corrected chi connectivity index (χ0v) is 11.9. The van der Waals surface area contributed by atoms with Gasteiger partial charge < -0.3 is 5.32 Å². The van der Waals surface area contributed by atoms with Crippen molar-refractivity contribution in [3.63, 3.8) is 0 Å². The third-order valence-electron chi connectivity index (χ3n) is 4.24. The SMILES string of the molecule is CNC(Cc1cc(F)cc(F)c1)C1CCc2cccnc21. The van der Waals surface area contributed by atoms with Crippen molar-refractivity contribution in [2.45, 2.75) is 31.2 Å². The molecule has 0 saturated heterocycles. The summed E-state index contributed by atoms with van der Waals surface area (Å²) in [5.41, 5.74) is 3.08. The largest absolute Gasteiger partial charge is 0.316 e. The van der Waals surface area contributed by atoms with E-state index in [1.165, 1.54) is 17.7 Å². The number of aryl methyl sites for hydroxylation is 1. The molecule has 1 aliphatic rings. The lowest BCUT2D eigenvalue weighted by atomic mass is 9.91. The Kier molecular flexibility index (Phi) is 3.97. The lowest BCUT2D eigenvalue weighted by Crippen LogP contribution is -2.33. The molecule has 110 valence electrons. The average molecular weight is 288 g/mol. The highest BCUT2D eigenvalue weighted by atomic mass is 19.1. The number of hydrogen-bond acceptors (Lipinski definition) is 2. The molecule has 0 radical (unpaired) electrons. The summed E-state index contributed by atoms with van der Waals surface area (Å²) < 4.78 is 26.7. The van der Waals surface area contributed by atoms with E-state index in [0.29, 0.717) is 12.0 Å². The van der Waals surface area contributed by atoms with E-state index in [2.05, 4.69) is 16.4 Å². The molecule has 0 saturated carbocycles. The number of rotatable bonds is 4. The van der Waals surface area contributed by atoms with Crippen LogP contribution in [0.25, 0.3) is 0 Å². The Morgan fingerprint density at radius 1 is 1.29 bits per heavy atom. The second-order valence-electron chi connectivity index (χ2n) is 5.57. The molecule has 1 aromatic heterocycles. The second-order valence-corrected chi connectivity index (χ2v) is 5.57. The molecule has 2 nitrogen and oxygen atoms in total. The van der Waals surface area contributed by atoms with E-state index in [9.17, 15) is 8.78 Å². The Morgan fingerprint density at radius 2 is 2.05 bits per heavy atom.